The second-order valence-electron chi connectivity index (χ2n) is 9.92. The summed E-state index contributed by atoms with van der Waals surface area (Å²) >= 11 is 1.53. The molecule has 2 fully saturated rings. The number of rotatable bonds is 4. The minimum atomic E-state index is -4.56. The number of benzene rings is 1. The Morgan fingerprint density at radius 3 is 2.54 bits per heavy atom. The molecule has 1 N–H and O–H groups in total. The first-order valence-electron chi connectivity index (χ1n) is 12.0. The number of fused-ring (bicyclic) bond motifs is 3. The summed E-state index contributed by atoms with van der Waals surface area (Å²) in [6, 6.07) is 5.05. The van der Waals surface area contributed by atoms with E-state index in [-0.39, 0.29) is 11.6 Å². The summed E-state index contributed by atoms with van der Waals surface area (Å²) in [7, 11) is 0. The zero-order valence-electron chi connectivity index (χ0n) is 19.2. The molecule has 35 heavy (non-hydrogen) atoms. The Bertz CT molecular complexity index is 1220. The van der Waals surface area contributed by atoms with Crippen LogP contribution in [0.1, 0.15) is 54.2 Å². The van der Waals surface area contributed by atoms with Gasteiger partial charge in [-0.15, -0.1) is 5.10 Å². The lowest BCUT2D eigenvalue weighted by atomic mass is 9.87. The number of nitrogens with zero attached hydrogens (tertiary/aromatic N) is 5. The van der Waals surface area contributed by atoms with E-state index < -0.39 is 23.5 Å². The van der Waals surface area contributed by atoms with Crippen molar-refractivity contribution in [1.82, 2.24) is 19.1 Å². The van der Waals surface area contributed by atoms with Gasteiger partial charge in [-0.1, -0.05) is 0 Å². The third-order valence-electron chi connectivity index (χ3n) is 7.63. The maximum atomic E-state index is 14.0. The Morgan fingerprint density at radius 1 is 1.09 bits per heavy atom. The summed E-state index contributed by atoms with van der Waals surface area (Å²) in [5.74, 6) is 0.482. The molecular weight excluding hydrogens is 480 g/mol. The molecule has 3 aliphatic rings. The molecule has 4 atom stereocenters. The average molecular weight is 507 g/mol. The Balaban J connectivity index is 1.25. The van der Waals surface area contributed by atoms with Gasteiger partial charge in [-0.3, -0.25) is 0 Å². The predicted molar refractivity (Wildman–Crippen MR) is 125 cm³/mol. The van der Waals surface area contributed by atoms with Gasteiger partial charge in [-0.2, -0.15) is 22.5 Å². The molecule has 11 heteroatoms. The monoisotopic (exact) mass is 506 g/mol. The quantitative estimate of drug-likeness (QED) is 0.477. The lowest BCUT2D eigenvalue weighted by Gasteiger charge is -2.38. The number of nitrogens with one attached hydrogen (secondary N) is 1. The average Bonchev–Trinajstić information content (AvgIpc) is 3.48. The highest BCUT2D eigenvalue weighted by Gasteiger charge is 2.43. The van der Waals surface area contributed by atoms with Crippen LogP contribution in [0, 0.1) is 24.6 Å². The van der Waals surface area contributed by atoms with E-state index in [0.29, 0.717) is 43.0 Å². The summed E-state index contributed by atoms with van der Waals surface area (Å²) in [5, 5.41) is 9.34. The Labute approximate surface area is 204 Å². The van der Waals surface area contributed by atoms with Gasteiger partial charge in [0.1, 0.15) is 16.6 Å². The first-order valence-corrected chi connectivity index (χ1v) is 12.8. The third kappa shape index (κ3) is 4.17. The molecule has 2 aromatic heterocycles. The van der Waals surface area contributed by atoms with Crippen LogP contribution in [0.25, 0.3) is 0 Å². The third-order valence-corrected chi connectivity index (χ3v) is 8.57. The van der Waals surface area contributed by atoms with Crippen molar-refractivity contribution in [3.8, 4) is 0 Å². The van der Waals surface area contributed by atoms with E-state index in [0.717, 1.165) is 49.8 Å². The van der Waals surface area contributed by atoms with Crippen molar-refractivity contribution in [2.24, 2.45) is 11.8 Å². The first kappa shape index (κ1) is 22.8. The van der Waals surface area contributed by atoms with Crippen molar-refractivity contribution in [2.75, 3.05) is 23.3 Å². The number of alkyl halides is 3. The van der Waals surface area contributed by atoms with E-state index in [1.165, 1.54) is 16.5 Å². The summed E-state index contributed by atoms with van der Waals surface area (Å²) in [5.41, 5.74) is 0.163. The zero-order chi connectivity index (χ0) is 24.3. The number of hydrogen-bond acceptors (Lipinski definition) is 6. The Kier molecular flexibility index (Phi) is 5.50. The summed E-state index contributed by atoms with van der Waals surface area (Å²) in [6.07, 6.45) is -1.19. The fourth-order valence-corrected chi connectivity index (χ4v) is 6.85. The second-order valence-corrected chi connectivity index (χ2v) is 10.7. The number of piperidine rings is 1. The van der Waals surface area contributed by atoms with Crippen LogP contribution in [0.4, 0.5) is 28.5 Å². The van der Waals surface area contributed by atoms with Crippen molar-refractivity contribution < 1.29 is 17.6 Å². The van der Waals surface area contributed by atoms with E-state index in [2.05, 4.69) is 30.7 Å². The number of aryl methyl sites for hydroxylation is 2. The second kappa shape index (κ2) is 8.46. The molecular formula is C24H26F4N6S. The van der Waals surface area contributed by atoms with E-state index in [4.69, 9.17) is 0 Å². The van der Waals surface area contributed by atoms with Crippen molar-refractivity contribution in [2.45, 2.75) is 57.3 Å². The molecule has 0 amide bonds. The largest absolute Gasteiger partial charge is 0.416 e. The van der Waals surface area contributed by atoms with Crippen molar-refractivity contribution >= 4 is 22.5 Å². The summed E-state index contributed by atoms with van der Waals surface area (Å²) in [4.78, 5) is 7.07. The minimum Gasteiger partial charge on any atom is -0.361 e. The lowest BCUT2D eigenvalue weighted by Crippen LogP contribution is -2.48. The number of anilines is 2. The predicted octanol–water partition coefficient (Wildman–Crippen LogP) is 5.45. The molecule has 2 bridgehead atoms. The van der Waals surface area contributed by atoms with Crippen molar-refractivity contribution in [1.29, 1.82) is 0 Å². The highest BCUT2D eigenvalue weighted by molar-refractivity contribution is 7.10. The van der Waals surface area contributed by atoms with Crippen LogP contribution in [0.5, 0.6) is 0 Å². The molecule has 1 saturated carbocycles. The van der Waals surface area contributed by atoms with Gasteiger partial charge in [0.15, 0.2) is 0 Å². The number of aromatic nitrogens is 4. The fraction of sp³-hybridized carbons (Fsp3) is 0.542. The van der Waals surface area contributed by atoms with Crippen LogP contribution < -0.4 is 10.2 Å². The van der Waals surface area contributed by atoms with Crippen LogP contribution in [-0.4, -0.2) is 38.3 Å². The summed E-state index contributed by atoms with van der Waals surface area (Å²) < 4.78 is 61.2. The van der Waals surface area contributed by atoms with Gasteiger partial charge in [0.2, 0.25) is 5.95 Å². The van der Waals surface area contributed by atoms with Crippen LogP contribution >= 0.6 is 11.5 Å². The maximum Gasteiger partial charge on any atom is 0.416 e. The SMILES string of the molecule is Cc1cc(N2CC3CC[C@@H](C2)[C@@H]3Nc2nc3n(n2)CCCC3c2cc(F)ccc2C(F)(F)F)sn1. The molecule has 0 radical (unpaired) electrons. The van der Waals surface area contributed by atoms with E-state index in [1.807, 2.05) is 6.92 Å². The molecule has 6 nitrogen and oxygen atoms in total. The van der Waals surface area contributed by atoms with Gasteiger partial charge < -0.3 is 10.2 Å². The van der Waals surface area contributed by atoms with Gasteiger partial charge in [0.25, 0.3) is 0 Å². The lowest BCUT2D eigenvalue weighted by molar-refractivity contribution is -0.138. The molecule has 2 aliphatic heterocycles. The zero-order valence-corrected chi connectivity index (χ0v) is 20.0. The van der Waals surface area contributed by atoms with Gasteiger partial charge >= 0.3 is 6.18 Å². The van der Waals surface area contributed by atoms with E-state index >= 15 is 0 Å². The normalized spacial score (nSPS) is 26.1. The highest BCUT2D eigenvalue weighted by atomic mass is 32.1. The van der Waals surface area contributed by atoms with Crippen molar-refractivity contribution in [3.63, 3.8) is 0 Å². The topological polar surface area (TPSA) is 58.9 Å². The van der Waals surface area contributed by atoms with Crippen molar-refractivity contribution in [3.05, 3.63) is 52.7 Å². The maximum absolute atomic E-state index is 14.0. The molecule has 1 aliphatic carbocycles. The molecule has 186 valence electrons. The van der Waals surface area contributed by atoms with Crippen LogP contribution in [0.3, 0.4) is 0 Å². The van der Waals surface area contributed by atoms with Crippen LogP contribution in [0.15, 0.2) is 24.3 Å². The van der Waals surface area contributed by atoms with Crippen LogP contribution in [0.2, 0.25) is 0 Å². The summed E-state index contributed by atoms with van der Waals surface area (Å²) in [6.45, 7) is 4.46. The van der Waals surface area contributed by atoms with E-state index in [1.54, 1.807) is 4.68 Å². The molecule has 4 heterocycles. The fourth-order valence-electron chi connectivity index (χ4n) is 6.07. The van der Waals surface area contributed by atoms with Gasteiger partial charge in [0, 0.05) is 31.6 Å². The Hall–Kier alpha value is -2.69. The molecule has 3 aromatic rings. The van der Waals surface area contributed by atoms with Gasteiger partial charge in [-0.25, -0.2) is 9.07 Å². The minimum absolute atomic E-state index is 0.0642. The Morgan fingerprint density at radius 2 is 1.86 bits per heavy atom. The van der Waals surface area contributed by atoms with Crippen LogP contribution in [-0.2, 0) is 12.7 Å². The van der Waals surface area contributed by atoms with Gasteiger partial charge in [0.05, 0.1) is 11.3 Å². The standard InChI is InChI=1S/C24H26F4N6S/c1-13-9-20(35-32-13)33-11-14-4-5-15(12-33)21(14)29-23-30-22-17(3-2-8-34(22)31-23)18-10-16(25)6-7-19(18)24(26,27)28/h6-7,9-10,14-15,17,21H,2-5,8,11-12H2,1H3,(H,29,31)/t14-,15?,17?,21-/m0/s1. The first-order chi connectivity index (χ1) is 16.8. The smallest absolute Gasteiger partial charge is 0.361 e. The number of hydrogen-bond donors (Lipinski definition) is 1. The number of halogens is 4. The molecule has 2 unspecified atom stereocenters. The van der Waals surface area contributed by atoms with E-state index in [9.17, 15) is 17.6 Å². The molecule has 6 rings (SSSR count). The molecule has 0 spiro atoms. The highest BCUT2D eigenvalue weighted by Crippen LogP contribution is 2.43. The molecule has 1 saturated heterocycles. The molecule has 1 aromatic carbocycles. The van der Waals surface area contributed by atoms with Gasteiger partial charge in [-0.05, 0) is 85.8 Å².